The zero-order chi connectivity index (χ0) is 16.3. The molecule has 3 rings (SSSR count). The lowest BCUT2D eigenvalue weighted by Gasteiger charge is -2.11. The maximum Gasteiger partial charge on any atom is 0.221 e. The molecule has 0 bridgehead atoms. The fourth-order valence-corrected chi connectivity index (χ4v) is 5.25. The molecule has 23 heavy (non-hydrogen) atoms. The molecule has 1 fully saturated rings. The van der Waals surface area contributed by atoms with Gasteiger partial charge in [0.25, 0.3) is 0 Å². The van der Waals surface area contributed by atoms with Gasteiger partial charge in [-0.05, 0) is 29.5 Å². The van der Waals surface area contributed by atoms with Crippen LogP contribution in [0, 0.1) is 0 Å². The first kappa shape index (κ1) is 16.5. The standard InChI is InChI=1S/C17H24N2O3S/c20-17(7-8-23(21,22)16-3-1-2-4-16)19-10-13-5-6-14-11-18-12-15(14)9-13/h5-6,9,16,18H,1-4,7-8,10-12H2,(H,19,20). The van der Waals surface area contributed by atoms with Crippen molar-refractivity contribution in [3.05, 3.63) is 34.9 Å². The fourth-order valence-electron chi connectivity index (χ4n) is 3.40. The molecule has 1 aromatic rings. The van der Waals surface area contributed by atoms with Gasteiger partial charge in [-0.25, -0.2) is 8.42 Å². The van der Waals surface area contributed by atoms with E-state index in [0.717, 1.165) is 44.3 Å². The maximum absolute atomic E-state index is 12.2. The van der Waals surface area contributed by atoms with Crippen molar-refractivity contribution in [2.75, 3.05) is 5.75 Å². The topological polar surface area (TPSA) is 75.3 Å². The van der Waals surface area contributed by atoms with E-state index in [4.69, 9.17) is 0 Å². The molecule has 0 atom stereocenters. The lowest BCUT2D eigenvalue weighted by Crippen LogP contribution is -2.28. The van der Waals surface area contributed by atoms with E-state index in [1.54, 1.807) is 0 Å². The number of carbonyl (C=O) groups is 1. The first-order valence-electron chi connectivity index (χ1n) is 8.34. The Kier molecular flexibility index (Phi) is 5.02. The highest BCUT2D eigenvalue weighted by atomic mass is 32.2. The minimum absolute atomic E-state index is 0.0302. The molecule has 1 saturated carbocycles. The molecule has 0 aromatic heterocycles. The third kappa shape index (κ3) is 4.12. The number of rotatable bonds is 6. The van der Waals surface area contributed by atoms with E-state index in [1.807, 2.05) is 6.07 Å². The van der Waals surface area contributed by atoms with Crippen LogP contribution in [0.2, 0.25) is 0 Å². The minimum atomic E-state index is -3.12. The second kappa shape index (κ2) is 7.01. The van der Waals surface area contributed by atoms with Crippen LogP contribution in [0.15, 0.2) is 18.2 Å². The molecule has 0 spiro atoms. The predicted molar refractivity (Wildman–Crippen MR) is 89.5 cm³/mol. The molecule has 1 aliphatic heterocycles. The average molecular weight is 336 g/mol. The van der Waals surface area contributed by atoms with Crippen molar-refractivity contribution in [2.45, 2.75) is 57.0 Å². The summed E-state index contributed by atoms with van der Waals surface area (Å²) in [6, 6.07) is 6.20. The van der Waals surface area contributed by atoms with Crippen LogP contribution in [0.3, 0.4) is 0 Å². The van der Waals surface area contributed by atoms with E-state index in [1.165, 1.54) is 11.1 Å². The Balaban J connectivity index is 1.46. The molecular formula is C17H24N2O3S. The van der Waals surface area contributed by atoms with Gasteiger partial charge in [-0.15, -0.1) is 0 Å². The Bertz CT molecular complexity index is 679. The Morgan fingerprint density at radius 1 is 1.17 bits per heavy atom. The number of hydrogen-bond acceptors (Lipinski definition) is 4. The highest BCUT2D eigenvalue weighted by Crippen LogP contribution is 2.25. The van der Waals surface area contributed by atoms with Crippen molar-refractivity contribution in [2.24, 2.45) is 0 Å². The molecule has 2 aliphatic rings. The number of carbonyl (C=O) groups excluding carboxylic acids is 1. The molecular weight excluding hydrogens is 312 g/mol. The van der Waals surface area contributed by atoms with Gasteiger partial charge in [0.15, 0.2) is 9.84 Å². The number of sulfone groups is 1. The lowest BCUT2D eigenvalue weighted by atomic mass is 10.1. The zero-order valence-corrected chi connectivity index (χ0v) is 14.1. The summed E-state index contributed by atoms with van der Waals surface area (Å²) in [5.74, 6) is -0.220. The van der Waals surface area contributed by atoms with E-state index in [2.05, 4.69) is 22.8 Å². The number of amides is 1. The lowest BCUT2D eigenvalue weighted by molar-refractivity contribution is -0.120. The molecule has 2 N–H and O–H groups in total. The molecule has 6 heteroatoms. The monoisotopic (exact) mass is 336 g/mol. The van der Waals surface area contributed by atoms with E-state index in [0.29, 0.717) is 6.54 Å². The summed E-state index contributed by atoms with van der Waals surface area (Å²) in [4.78, 5) is 11.9. The molecule has 1 aromatic carbocycles. The normalized spacial score (nSPS) is 18.1. The fraction of sp³-hybridized carbons (Fsp3) is 0.588. The van der Waals surface area contributed by atoms with Crippen molar-refractivity contribution < 1.29 is 13.2 Å². The van der Waals surface area contributed by atoms with Gasteiger partial charge in [0.05, 0.1) is 11.0 Å². The van der Waals surface area contributed by atoms with Gasteiger partial charge in [-0.3, -0.25) is 4.79 Å². The summed E-state index contributed by atoms with van der Waals surface area (Å²) in [7, 11) is -3.12. The van der Waals surface area contributed by atoms with Gasteiger partial charge in [-0.2, -0.15) is 0 Å². The van der Waals surface area contributed by atoms with E-state index in [9.17, 15) is 13.2 Å². The first-order valence-corrected chi connectivity index (χ1v) is 10.1. The maximum atomic E-state index is 12.2. The molecule has 1 amide bonds. The first-order chi connectivity index (χ1) is 11.0. The Morgan fingerprint density at radius 2 is 1.91 bits per heavy atom. The van der Waals surface area contributed by atoms with Crippen LogP contribution >= 0.6 is 0 Å². The van der Waals surface area contributed by atoms with E-state index >= 15 is 0 Å². The summed E-state index contributed by atoms with van der Waals surface area (Å²) in [6.07, 6.45) is 3.55. The van der Waals surface area contributed by atoms with Crippen molar-refractivity contribution in [3.8, 4) is 0 Å². The number of nitrogens with one attached hydrogen (secondary N) is 2. The summed E-state index contributed by atoms with van der Waals surface area (Å²) in [6.45, 7) is 2.23. The van der Waals surface area contributed by atoms with Crippen molar-refractivity contribution in [1.29, 1.82) is 0 Å². The van der Waals surface area contributed by atoms with Gasteiger partial charge < -0.3 is 10.6 Å². The molecule has 126 valence electrons. The molecule has 0 saturated heterocycles. The Morgan fingerprint density at radius 3 is 2.70 bits per heavy atom. The van der Waals surface area contributed by atoms with Crippen molar-refractivity contribution in [1.82, 2.24) is 10.6 Å². The highest BCUT2D eigenvalue weighted by molar-refractivity contribution is 7.92. The predicted octanol–water partition coefficient (Wildman–Crippen LogP) is 1.65. The van der Waals surface area contributed by atoms with Gasteiger partial charge in [0.2, 0.25) is 5.91 Å². The van der Waals surface area contributed by atoms with Crippen LogP contribution in [-0.4, -0.2) is 25.3 Å². The van der Waals surface area contributed by atoms with Crippen LogP contribution in [0.4, 0.5) is 0 Å². The van der Waals surface area contributed by atoms with Crippen LogP contribution < -0.4 is 10.6 Å². The summed E-state index contributed by atoms with van der Waals surface area (Å²) in [5.41, 5.74) is 3.64. The van der Waals surface area contributed by atoms with Gasteiger partial charge in [-0.1, -0.05) is 31.0 Å². The summed E-state index contributed by atoms with van der Waals surface area (Å²) in [5, 5.41) is 5.90. The Labute approximate surface area is 137 Å². The number of hydrogen-bond donors (Lipinski definition) is 2. The molecule has 0 unspecified atom stereocenters. The largest absolute Gasteiger partial charge is 0.352 e. The Hall–Kier alpha value is -1.40. The second-order valence-corrected chi connectivity index (χ2v) is 8.91. The number of benzene rings is 1. The van der Waals surface area contributed by atoms with Gasteiger partial charge in [0.1, 0.15) is 0 Å². The third-order valence-corrected chi connectivity index (χ3v) is 7.08. The summed E-state index contributed by atoms with van der Waals surface area (Å²) < 4.78 is 24.3. The SMILES string of the molecule is O=C(CCS(=O)(=O)C1CCCC1)NCc1ccc2c(c1)CNC2. The van der Waals surface area contributed by atoms with Crippen LogP contribution in [0.5, 0.6) is 0 Å². The van der Waals surface area contributed by atoms with Crippen molar-refractivity contribution in [3.63, 3.8) is 0 Å². The molecule has 5 nitrogen and oxygen atoms in total. The van der Waals surface area contributed by atoms with Crippen LogP contribution in [-0.2, 0) is 34.3 Å². The van der Waals surface area contributed by atoms with Crippen molar-refractivity contribution >= 4 is 15.7 Å². The van der Waals surface area contributed by atoms with Crippen LogP contribution in [0.1, 0.15) is 48.8 Å². The zero-order valence-electron chi connectivity index (χ0n) is 13.3. The molecule has 1 aliphatic carbocycles. The summed E-state index contributed by atoms with van der Waals surface area (Å²) >= 11 is 0. The number of fused-ring (bicyclic) bond motifs is 1. The van der Waals surface area contributed by atoms with Crippen LogP contribution in [0.25, 0.3) is 0 Å². The van der Waals surface area contributed by atoms with E-state index < -0.39 is 9.84 Å². The molecule has 0 radical (unpaired) electrons. The second-order valence-electron chi connectivity index (χ2n) is 6.51. The molecule has 1 heterocycles. The minimum Gasteiger partial charge on any atom is -0.352 e. The quantitative estimate of drug-likeness (QED) is 0.828. The third-order valence-electron chi connectivity index (χ3n) is 4.81. The van der Waals surface area contributed by atoms with E-state index in [-0.39, 0.29) is 23.3 Å². The van der Waals surface area contributed by atoms with Gasteiger partial charge in [0, 0.05) is 26.1 Å². The van der Waals surface area contributed by atoms with Gasteiger partial charge >= 0.3 is 0 Å². The smallest absolute Gasteiger partial charge is 0.221 e. The highest BCUT2D eigenvalue weighted by Gasteiger charge is 2.28. The average Bonchev–Trinajstić information content (AvgIpc) is 3.21.